The highest BCUT2D eigenvalue weighted by molar-refractivity contribution is 7.20. The molecule has 13 nitrogen and oxygen atoms in total. The third kappa shape index (κ3) is 8.44. The van der Waals surface area contributed by atoms with Crippen LogP contribution in [0.3, 0.4) is 0 Å². The van der Waals surface area contributed by atoms with Crippen LogP contribution in [0.2, 0.25) is 0 Å². The van der Waals surface area contributed by atoms with E-state index in [9.17, 15) is 38.1 Å². The van der Waals surface area contributed by atoms with E-state index in [1.807, 2.05) is 0 Å². The fourth-order valence-corrected chi connectivity index (χ4v) is 8.00. The van der Waals surface area contributed by atoms with E-state index in [-0.39, 0.29) is 22.0 Å². The van der Waals surface area contributed by atoms with Gasteiger partial charge < -0.3 is 36.4 Å². The van der Waals surface area contributed by atoms with Crippen molar-refractivity contribution in [1.29, 1.82) is 0 Å². The number of unbranched alkanes of at least 4 members (excludes halogenated alkanes) is 3. The first-order valence-corrected chi connectivity index (χ1v) is 19.4. The van der Waals surface area contributed by atoms with Crippen molar-refractivity contribution >= 4 is 45.0 Å². The summed E-state index contributed by atoms with van der Waals surface area (Å²) in [5, 5.41) is 36.3. The quantitative estimate of drug-likeness (QED) is 0.0520. The molecule has 7 N–H and O–H groups in total. The van der Waals surface area contributed by atoms with E-state index in [2.05, 4.69) is 25.6 Å². The molecule has 6 aromatic rings. The van der Waals surface area contributed by atoms with Gasteiger partial charge in [0.1, 0.15) is 24.6 Å². The minimum absolute atomic E-state index is 0.123. The molecule has 58 heavy (non-hydrogen) atoms. The summed E-state index contributed by atoms with van der Waals surface area (Å²) < 4.78 is 48.4. The Morgan fingerprint density at radius 1 is 0.862 bits per heavy atom. The minimum Gasteiger partial charge on any atom is -0.394 e. The maximum Gasteiger partial charge on any atom is 0.416 e. The number of hydrogen-bond donors (Lipinski definition) is 6. The van der Waals surface area contributed by atoms with Gasteiger partial charge in [0.25, 0.3) is 5.91 Å². The number of halogens is 3. The van der Waals surface area contributed by atoms with Crippen molar-refractivity contribution in [1.82, 2.24) is 24.8 Å². The summed E-state index contributed by atoms with van der Waals surface area (Å²) in [5.41, 5.74) is 8.40. The van der Waals surface area contributed by atoms with E-state index in [1.54, 1.807) is 54.6 Å². The first-order valence-electron chi connectivity index (χ1n) is 18.6. The van der Waals surface area contributed by atoms with Gasteiger partial charge >= 0.3 is 6.18 Å². The van der Waals surface area contributed by atoms with Crippen LogP contribution in [0, 0.1) is 0 Å². The predicted molar refractivity (Wildman–Crippen MR) is 212 cm³/mol. The summed E-state index contributed by atoms with van der Waals surface area (Å²) in [5.74, 6) is -0.181. The third-order valence-corrected chi connectivity index (χ3v) is 11.0. The van der Waals surface area contributed by atoms with E-state index in [0.717, 1.165) is 49.2 Å². The van der Waals surface area contributed by atoms with E-state index in [4.69, 9.17) is 10.5 Å². The first kappa shape index (κ1) is 40.5. The molecule has 7 rings (SSSR count). The average molecular weight is 816 g/mol. The molecule has 17 heteroatoms. The molecule has 0 unspecified atom stereocenters. The summed E-state index contributed by atoms with van der Waals surface area (Å²) in [4.78, 5) is 40.2. The van der Waals surface area contributed by atoms with Crippen LogP contribution in [-0.2, 0) is 10.9 Å². The highest BCUT2D eigenvalue weighted by Crippen LogP contribution is 2.46. The largest absolute Gasteiger partial charge is 0.416 e. The molecule has 3 aromatic heterocycles. The second-order valence-electron chi connectivity index (χ2n) is 13.8. The number of aromatic nitrogens is 4. The third-order valence-electron chi connectivity index (χ3n) is 9.92. The number of anilines is 2. The van der Waals surface area contributed by atoms with Gasteiger partial charge in [-0.1, -0.05) is 67.4 Å². The van der Waals surface area contributed by atoms with Crippen LogP contribution in [0.4, 0.5) is 24.0 Å². The number of thiophene rings is 1. The Kier molecular flexibility index (Phi) is 12.2. The second kappa shape index (κ2) is 17.4. The van der Waals surface area contributed by atoms with E-state index in [0.29, 0.717) is 57.2 Å². The Labute approximate surface area is 334 Å². The number of aliphatic hydroxyl groups excluding tert-OH is 3. The summed E-state index contributed by atoms with van der Waals surface area (Å²) in [6, 6.07) is 19.9. The molecule has 1 amide bonds. The van der Waals surface area contributed by atoms with Crippen molar-refractivity contribution in [3.05, 3.63) is 114 Å². The van der Waals surface area contributed by atoms with Gasteiger partial charge in [0, 0.05) is 34.7 Å². The number of alkyl halides is 3. The molecule has 0 radical (unpaired) electrons. The lowest BCUT2D eigenvalue weighted by molar-refractivity contribution is -0.137. The second-order valence-corrected chi connectivity index (χ2v) is 14.8. The summed E-state index contributed by atoms with van der Waals surface area (Å²) in [6.45, 7) is 0.600. The SMILES string of the molecule is Nc1sc(-c2ccc(C(=O)NCCCCCCNc3ncnc4c3ncn4[C@H]3O[C@@H](CO)[C@@H](O)[C@H]3O)cc2)c(-c2cccc(C(F)(F)F)c2)c1C(=O)c1ccccc1. The van der Waals surface area contributed by atoms with Crippen LogP contribution in [0.15, 0.2) is 91.5 Å². The summed E-state index contributed by atoms with van der Waals surface area (Å²) in [7, 11) is 0. The van der Waals surface area contributed by atoms with Crippen LogP contribution in [0.1, 0.15) is 63.8 Å². The van der Waals surface area contributed by atoms with E-state index >= 15 is 0 Å². The highest BCUT2D eigenvalue weighted by Gasteiger charge is 2.44. The van der Waals surface area contributed by atoms with Gasteiger partial charge in [-0.15, -0.1) is 11.3 Å². The Morgan fingerprint density at radius 3 is 2.31 bits per heavy atom. The molecule has 1 aliphatic rings. The normalized spacial score (nSPS) is 18.1. The molecule has 1 fully saturated rings. The number of fused-ring (bicyclic) bond motifs is 1. The maximum atomic E-state index is 13.8. The van der Waals surface area contributed by atoms with Crippen LogP contribution < -0.4 is 16.4 Å². The zero-order valence-electron chi connectivity index (χ0n) is 30.9. The number of carbonyl (C=O) groups excluding carboxylic acids is 2. The molecule has 302 valence electrons. The number of aliphatic hydroxyl groups is 3. The lowest BCUT2D eigenvalue weighted by Crippen LogP contribution is -2.33. The molecule has 4 heterocycles. The molecular weight excluding hydrogens is 776 g/mol. The minimum atomic E-state index is -4.59. The van der Waals surface area contributed by atoms with Gasteiger partial charge in [0.15, 0.2) is 29.0 Å². The Morgan fingerprint density at radius 2 is 1.60 bits per heavy atom. The molecule has 4 atom stereocenters. The predicted octanol–water partition coefficient (Wildman–Crippen LogP) is 6.07. The number of nitrogens with two attached hydrogens (primary N) is 1. The average Bonchev–Trinajstić information content (AvgIpc) is 3.91. The Balaban J connectivity index is 0.932. The molecule has 3 aromatic carbocycles. The molecule has 1 aliphatic heterocycles. The van der Waals surface area contributed by atoms with Crippen molar-refractivity contribution in [2.45, 2.75) is 56.4 Å². The number of ether oxygens (including phenoxy) is 1. The highest BCUT2D eigenvalue weighted by atomic mass is 32.1. The van der Waals surface area contributed by atoms with Crippen LogP contribution in [-0.4, -0.2) is 84.5 Å². The van der Waals surface area contributed by atoms with Crippen LogP contribution in [0.25, 0.3) is 32.7 Å². The number of rotatable bonds is 15. The lowest BCUT2D eigenvalue weighted by atomic mass is 9.92. The van der Waals surface area contributed by atoms with Crippen molar-refractivity contribution in [2.24, 2.45) is 0 Å². The fraction of sp³-hybridized carbons (Fsp3) is 0.293. The number of imidazole rings is 1. The van der Waals surface area contributed by atoms with Crippen molar-refractivity contribution in [3.63, 3.8) is 0 Å². The fourth-order valence-electron chi connectivity index (χ4n) is 6.90. The molecular formula is C41H40F3N7O6S. The number of ketones is 1. The van der Waals surface area contributed by atoms with Crippen LogP contribution in [0.5, 0.6) is 0 Å². The van der Waals surface area contributed by atoms with Gasteiger partial charge in [-0.25, -0.2) is 15.0 Å². The maximum absolute atomic E-state index is 13.8. The van der Waals surface area contributed by atoms with Gasteiger partial charge in [-0.3, -0.25) is 14.2 Å². The molecule has 0 spiro atoms. The number of hydrogen-bond acceptors (Lipinski definition) is 12. The number of carbonyl (C=O) groups is 2. The Hall–Kier alpha value is -5.72. The van der Waals surface area contributed by atoms with Crippen molar-refractivity contribution in [3.8, 4) is 21.6 Å². The molecule has 0 aliphatic carbocycles. The first-order chi connectivity index (χ1) is 28.0. The molecule has 0 saturated carbocycles. The number of nitrogens with zero attached hydrogens (tertiary/aromatic N) is 4. The van der Waals surface area contributed by atoms with Gasteiger partial charge in [0.05, 0.1) is 29.1 Å². The summed E-state index contributed by atoms with van der Waals surface area (Å²) in [6.07, 6.45) is -2.93. The monoisotopic (exact) mass is 815 g/mol. The van der Waals surface area contributed by atoms with Crippen molar-refractivity contribution < 1.29 is 42.8 Å². The summed E-state index contributed by atoms with van der Waals surface area (Å²) >= 11 is 1.10. The van der Waals surface area contributed by atoms with Gasteiger partial charge in [0.2, 0.25) is 0 Å². The van der Waals surface area contributed by atoms with Gasteiger partial charge in [-0.2, -0.15) is 13.2 Å². The smallest absolute Gasteiger partial charge is 0.394 e. The van der Waals surface area contributed by atoms with Crippen molar-refractivity contribution in [2.75, 3.05) is 30.7 Å². The van der Waals surface area contributed by atoms with Gasteiger partial charge in [-0.05, 0) is 48.2 Å². The lowest BCUT2D eigenvalue weighted by Gasteiger charge is -2.16. The zero-order valence-corrected chi connectivity index (χ0v) is 31.7. The molecule has 1 saturated heterocycles. The zero-order chi connectivity index (χ0) is 41.0. The number of nitrogen functional groups attached to an aromatic ring is 1. The standard InChI is InChI=1S/C41H40F3N7O6S/c42-41(43,44)27-12-8-11-26(19-27)29-30(32(53)23-9-4-3-5-10-23)36(45)58-35(29)24-13-15-25(16-14-24)39(56)47-18-7-2-1-6-17-46-37-31-38(49-21-48-37)51(22-50-31)40-34(55)33(54)28(20-52)57-40/h3-5,8-16,19,21-22,28,33-34,40,52,54-55H,1-2,6-7,17-18,20,45H2,(H,47,56)(H,46,48,49)/t28-,33+,34+,40-/m0/s1. The number of amides is 1. The van der Waals surface area contributed by atoms with Crippen LogP contribution >= 0.6 is 11.3 Å². The number of nitrogens with one attached hydrogen (secondary N) is 2. The molecule has 0 bridgehead atoms. The Bertz CT molecular complexity index is 2390. The van der Waals surface area contributed by atoms with E-state index in [1.165, 1.54) is 29.4 Å². The topological polar surface area (TPSA) is 198 Å². The van der Waals surface area contributed by atoms with E-state index < -0.39 is 48.7 Å². The number of benzene rings is 3.